The molecule has 0 unspecified atom stereocenters. The molecular formula is C9H17NO. The van der Waals surface area contributed by atoms with E-state index < -0.39 is 0 Å². The van der Waals surface area contributed by atoms with Crippen molar-refractivity contribution < 1.29 is 4.79 Å². The van der Waals surface area contributed by atoms with Crippen LogP contribution in [0.25, 0.3) is 0 Å². The van der Waals surface area contributed by atoms with E-state index in [-0.39, 0.29) is 5.91 Å². The predicted molar refractivity (Wildman–Crippen MR) is 49.4 cm³/mol. The second kappa shape index (κ2) is 8.95. The molecule has 64 valence electrons. The molecule has 2 nitrogen and oxygen atoms in total. The van der Waals surface area contributed by atoms with Gasteiger partial charge in [-0.3, -0.25) is 4.79 Å². The van der Waals surface area contributed by atoms with Crippen molar-refractivity contribution in [2.75, 3.05) is 7.05 Å². The smallest absolute Gasteiger partial charge is 0.246 e. The predicted octanol–water partition coefficient (Wildman–Crippen LogP) is 1.89. The topological polar surface area (TPSA) is 29.1 Å². The minimum absolute atomic E-state index is 0.0603. The maximum atomic E-state index is 10.7. The first-order valence-electron chi connectivity index (χ1n) is 3.73. The number of carbonyl (C=O) groups excluding carboxylic acids is 1. The van der Waals surface area contributed by atoms with Crippen LogP contribution in [0.5, 0.6) is 0 Å². The molecule has 0 saturated heterocycles. The quantitative estimate of drug-likeness (QED) is 0.479. The van der Waals surface area contributed by atoms with Crippen molar-refractivity contribution >= 4 is 5.91 Å². The van der Waals surface area contributed by atoms with Gasteiger partial charge < -0.3 is 5.32 Å². The van der Waals surface area contributed by atoms with Gasteiger partial charge >= 0.3 is 0 Å². The Balaban J connectivity index is 0. The van der Waals surface area contributed by atoms with Gasteiger partial charge in [0.1, 0.15) is 0 Å². The fraction of sp³-hybridized carbons (Fsp3) is 0.444. The molecule has 0 aliphatic heterocycles. The van der Waals surface area contributed by atoms with Gasteiger partial charge in [0.15, 0.2) is 0 Å². The summed E-state index contributed by atoms with van der Waals surface area (Å²) in [7, 11) is 1.60. The van der Waals surface area contributed by atoms with E-state index in [2.05, 4.69) is 11.9 Å². The first-order valence-corrected chi connectivity index (χ1v) is 3.73. The van der Waals surface area contributed by atoms with E-state index in [0.717, 1.165) is 0 Å². The standard InChI is InChI=1S/C7H11NO.C2H6/c1-4-5-6(2)7(9)8-3;1-2/h4-5H,1H2,2-3H3,(H,8,9);1-2H3/b6-5-;. The third kappa shape index (κ3) is 6.84. The van der Waals surface area contributed by atoms with Gasteiger partial charge in [0, 0.05) is 12.6 Å². The molecule has 2 heteroatoms. The van der Waals surface area contributed by atoms with Gasteiger partial charge in [-0.1, -0.05) is 32.6 Å². The van der Waals surface area contributed by atoms with Crippen LogP contribution in [-0.2, 0) is 4.79 Å². The SMILES string of the molecule is C=C/C=C(/C)C(=O)NC.CC. The van der Waals surface area contributed by atoms with Crippen molar-refractivity contribution in [3.05, 3.63) is 24.3 Å². The summed E-state index contributed by atoms with van der Waals surface area (Å²) in [4.78, 5) is 10.7. The second-order valence-electron chi connectivity index (χ2n) is 1.66. The molecule has 1 N–H and O–H groups in total. The van der Waals surface area contributed by atoms with E-state index in [1.54, 1.807) is 26.1 Å². The Morgan fingerprint density at radius 3 is 2.18 bits per heavy atom. The average molecular weight is 155 g/mol. The molecule has 0 aromatic heterocycles. The maximum Gasteiger partial charge on any atom is 0.246 e. The zero-order chi connectivity index (χ0) is 9.28. The van der Waals surface area contributed by atoms with Gasteiger partial charge in [-0.15, -0.1) is 0 Å². The Morgan fingerprint density at radius 1 is 1.45 bits per heavy atom. The molecule has 0 radical (unpaired) electrons. The van der Waals surface area contributed by atoms with E-state index in [4.69, 9.17) is 0 Å². The Bertz CT molecular complexity index is 148. The van der Waals surface area contributed by atoms with Gasteiger partial charge in [-0.2, -0.15) is 0 Å². The molecule has 11 heavy (non-hydrogen) atoms. The second-order valence-corrected chi connectivity index (χ2v) is 1.66. The van der Waals surface area contributed by atoms with Crippen molar-refractivity contribution in [2.24, 2.45) is 0 Å². The van der Waals surface area contributed by atoms with Crippen LogP contribution in [0, 0.1) is 0 Å². The van der Waals surface area contributed by atoms with E-state index in [1.807, 2.05) is 13.8 Å². The van der Waals surface area contributed by atoms with Gasteiger partial charge in [0.2, 0.25) is 5.91 Å². The van der Waals surface area contributed by atoms with Crippen LogP contribution in [0.15, 0.2) is 24.3 Å². The van der Waals surface area contributed by atoms with Gasteiger partial charge in [-0.25, -0.2) is 0 Å². The summed E-state index contributed by atoms with van der Waals surface area (Å²) in [6.45, 7) is 9.20. The summed E-state index contributed by atoms with van der Waals surface area (Å²) in [6.07, 6.45) is 3.25. The molecule has 0 aliphatic carbocycles. The summed E-state index contributed by atoms with van der Waals surface area (Å²) < 4.78 is 0. The van der Waals surface area contributed by atoms with Crippen molar-refractivity contribution in [1.82, 2.24) is 5.32 Å². The zero-order valence-corrected chi connectivity index (χ0v) is 7.77. The number of allylic oxidation sites excluding steroid dienone is 2. The van der Waals surface area contributed by atoms with Crippen LogP contribution >= 0.6 is 0 Å². The lowest BCUT2D eigenvalue weighted by Gasteiger charge is -1.94. The van der Waals surface area contributed by atoms with Gasteiger partial charge in [0.25, 0.3) is 0 Å². The summed E-state index contributed by atoms with van der Waals surface area (Å²) in [6, 6.07) is 0. The van der Waals surface area contributed by atoms with Crippen LogP contribution < -0.4 is 5.32 Å². The molecule has 0 aliphatic rings. The average Bonchev–Trinajstić information content (AvgIpc) is 2.07. The fourth-order valence-corrected chi connectivity index (χ4v) is 0.450. The Labute approximate surface area is 69.0 Å². The molecule has 0 aromatic carbocycles. The summed E-state index contributed by atoms with van der Waals surface area (Å²) in [5.41, 5.74) is 0.674. The number of likely N-dealkylation sites (N-methyl/N-ethyl adjacent to an activating group) is 1. The highest BCUT2D eigenvalue weighted by Crippen LogP contribution is 1.90. The number of carbonyl (C=O) groups is 1. The molecule has 1 amide bonds. The number of hydrogen-bond acceptors (Lipinski definition) is 1. The summed E-state index contributed by atoms with van der Waals surface area (Å²) in [5, 5.41) is 2.49. The number of hydrogen-bond donors (Lipinski definition) is 1. The van der Waals surface area contributed by atoms with Gasteiger partial charge in [0.05, 0.1) is 0 Å². The van der Waals surface area contributed by atoms with E-state index >= 15 is 0 Å². The number of amides is 1. The molecule has 0 fully saturated rings. The van der Waals surface area contributed by atoms with Gasteiger partial charge in [-0.05, 0) is 6.92 Å². The lowest BCUT2D eigenvalue weighted by molar-refractivity contribution is -0.116. The minimum Gasteiger partial charge on any atom is -0.355 e. The number of nitrogens with one attached hydrogen (secondary N) is 1. The van der Waals surface area contributed by atoms with Crippen molar-refractivity contribution in [2.45, 2.75) is 20.8 Å². The monoisotopic (exact) mass is 155 g/mol. The summed E-state index contributed by atoms with van der Waals surface area (Å²) >= 11 is 0. The molecule has 0 atom stereocenters. The minimum atomic E-state index is -0.0603. The summed E-state index contributed by atoms with van der Waals surface area (Å²) in [5.74, 6) is -0.0603. The lowest BCUT2D eigenvalue weighted by Crippen LogP contribution is -2.18. The van der Waals surface area contributed by atoms with E-state index in [9.17, 15) is 4.79 Å². The fourth-order valence-electron chi connectivity index (χ4n) is 0.450. The molecule has 0 spiro atoms. The van der Waals surface area contributed by atoms with Crippen LogP contribution in [0.2, 0.25) is 0 Å². The first-order chi connectivity index (χ1) is 5.22. The third-order valence-corrected chi connectivity index (χ3v) is 0.953. The Morgan fingerprint density at radius 2 is 1.91 bits per heavy atom. The van der Waals surface area contributed by atoms with Crippen molar-refractivity contribution in [1.29, 1.82) is 0 Å². The Kier molecular flexibility index (Phi) is 10.3. The van der Waals surface area contributed by atoms with E-state index in [0.29, 0.717) is 5.57 Å². The highest BCUT2D eigenvalue weighted by atomic mass is 16.1. The van der Waals surface area contributed by atoms with Crippen molar-refractivity contribution in [3.8, 4) is 0 Å². The molecule has 0 saturated carbocycles. The largest absolute Gasteiger partial charge is 0.355 e. The highest BCUT2D eigenvalue weighted by molar-refractivity contribution is 5.92. The first kappa shape index (κ1) is 12.6. The van der Waals surface area contributed by atoms with Crippen LogP contribution in [0.4, 0.5) is 0 Å². The van der Waals surface area contributed by atoms with Crippen LogP contribution in [-0.4, -0.2) is 13.0 Å². The normalized spacial score (nSPS) is 9.27. The van der Waals surface area contributed by atoms with Crippen LogP contribution in [0.1, 0.15) is 20.8 Å². The zero-order valence-electron chi connectivity index (χ0n) is 7.77. The van der Waals surface area contributed by atoms with Crippen molar-refractivity contribution in [3.63, 3.8) is 0 Å². The van der Waals surface area contributed by atoms with Crippen LogP contribution in [0.3, 0.4) is 0 Å². The Hall–Kier alpha value is -1.05. The lowest BCUT2D eigenvalue weighted by atomic mass is 10.2. The third-order valence-electron chi connectivity index (χ3n) is 0.953. The molecule has 0 rings (SSSR count). The number of rotatable bonds is 2. The highest BCUT2D eigenvalue weighted by Gasteiger charge is 1.95. The molecule has 0 aromatic rings. The maximum absolute atomic E-state index is 10.7. The molecular weight excluding hydrogens is 138 g/mol. The molecule has 0 heterocycles. The van der Waals surface area contributed by atoms with E-state index in [1.165, 1.54) is 0 Å². The molecule has 0 bridgehead atoms.